The second-order valence-electron chi connectivity index (χ2n) is 7.62. The molecular weight excluding hydrogens is 432 g/mol. The van der Waals surface area contributed by atoms with Crippen LogP contribution in [0.4, 0.5) is 0 Å². The lowest BCUT2D eigenvalue weighted by molar-refractivity contribution is 0.0668. The molecular formula is C23H20N2O4S2. The first-order chi connectivity index (χ1) is 15.0. The Morgan fingerprint density at radius 1 is 1.16 bits per heavy atom. The van der Waals surface area contributed by atoms with Crippen molar-refractivity contribution in [3.63, 3.8) is 0 Å². The third-order valence-electron chi connectivity index (χ3n) is 5.54. The lowest BCUT2D eigenvalue weighted by Gasteiger charge is -2.28. The molecule has 0 aliphatic carbocycles. The van der Waals surface area contributed by atoms with Crippen LogP contribution in [0.1, 0.15) is 22.5 Å². The van der Waals surface area contributed by atoms with Crippen LogP contribution in [0.2, 0.25) is 0 Å². The maximum atomic E-state index is 13.9. The second-order valence-corrected chi connectivity index (χ2v) is 10.8. The van der Waals surface area contributed by atoms with E-state index in [0.29, 0.717) is 17.7 Å². The molecule has 1 fully saturated rings. The Morgan fingerprint density at radius 3 is 2.74 bits per heavy atom. The maximum absolute atomic E-state index is 13.9. The van der Waals surface area contributed by atoms with Gasteiger partial charge in [-0.3, -0.25) is 4.79 Å². The minimum atomic E-state index is -3.16. The number of benzene rings is 1. The molecule has 4 heterocycles. The zero-order valence-corrected chi connectivity index (χ0v) is 18.2. The van der Waals surface area contributed by atoms with Gasteiger partial charge in [0.15, 0.2) is 9.84 Å². The van der Waals surface area contributed by atoms with Crippen molar-refractivity contribution in [1.29, 1.82) is 0 Å². The standard InChI is InChI=1S/C23H20N2O4S2/c26-23(25(14-17-5-3-10-29-17)16-9-12-31(27,28)15-16)19-13-21(22-8-4-11-30-22)24-20-7-2-1-6-18(19)20/h1-8,10-11,13,16H,9,12,14-15H2/t16-/m0/s1. The number of rotatable bonds is 5. The van der Waals surface area contributed by atoms with Crippen molar-refractivity contribution in [2.24, 2.45) is 0 Å². The topological polar surface area (TPSA) is 80.5 Å². The van der Waals surface area contributed by atoms with E-state index in [1.807, 2.05) is 47.8 Å². The number of carbonyl (C=O) groups is 1. The van der Waals surface area contributed by atoms with Gasteiger partial charge in [0.25, 0.3) is 5.91 Å². The van der Waals surface area contributed by atoms with Gasteiger partial charge in [0.2, 0.25) is 0 Å². The number of fused-ring (bicyclic) bond motifs is 1. The number of carbonyl (C=O) groups excluding carboxylic acids is 1. The van der Waals surface area contributed by atoms with Gasteiger partial charge in [0, 0.05) is 11.4 Å². The van der Waals surface area contributed by atoms with Gasteiger partial charge in [-0.1, -0.05) is 24.3 Å². The van der Waals surface area contributed by atoms with Gasteiger partial charge in [0.05, 0.1) is 46.0 Å². The van der Waals surface area contributed by atoms with Crippen molar-refractivity contribution < 1.29 is 17.6 Å². The Labute approximate surface area is 184 Å². The van der Waals surface area contributed by atoms with Crippen LogP contribution < -0.4 is 0 Å². The first-order valence-electron chi connectivity index (χ1n) is 9.98. The number of thiophene rings is 1. The van der Waals surface area contributed by atoms with E-state index in [-0.39, 0.29) is 30.0 Å². The molecule has 31 heavy (non-hydrogen) atoms. The van der Waals surface area contributed by atoms with Gasteiger partial charge < -0.3 is 9.32 Å². The van der Waals surface area contributed by atoms with E-state index >= 15 is 0 Å². The molecule has 1 aromatic carbocycles. The molecule has 0 radical (unpaired) electrons. The number of aromatic nitrogens is 1. The predicted octanol–water partition coefficient (Wildman–Crippen LogP) is 4.39. The fourth-order valence-electron chi connectivity index (χ4n) is 4.02. The van der Waals surface area contributed by atoms with Crippen LogP contribution in [-0.2, 0) is 16.4 Å². The summed E-state index contributed by atoms with van der Waals surface area (Å²) in [7, 11) is -3.16. The fourth-order valence-corrected chi connectivity index (χ4v) is 6.43. The minimum Gasteiger partial charge on any atom is -0.467 e. The Morgan fingerprint density at radius 2 is 2.03 bits per heavy atom. The van der Waals surface area contributed by atoms with Gasteiger partial charge in [-0.25, -0.2) is 13.4 Å². The van der Waals surface area contributed by atoms with Crippen molar-refractivity contribution >= 4 is 38.0 Å². The van der Waals surface area contributed by atoms with Gasteiger partial charge in [-0.2, -0.15) is 0 Å². The molecule has 1 aliphatic rings. The van der Waals surface area contributed by atoms with E-state index in [9.17, 15) is 13.2 Å². The fraction of sp³-hybridized carbons (Fsp3) is 0.217. The normalized spacial score (nSPS) is 17.7. The van der Waals surface area contributed by atoms with Crippen LogP contribution in [0.25, 0.3) is 21.5 Å². The van der Waals surface area contributed by atoms with Crippen molar-refractivity contribution in [2.75, 3.05) is 11.5 Å². The zero-order valence-electron chi connectivity index (χ0n) is 16.6. The summed E-state index contributed by atoms with van der Waals surface area (Å²) in [5.74, 6) is 0.474. The number of amides is 1. The molecule has 0 unspecified atom stereocenters. The monoisotopic (exact) mass is 452 g/mol. The van der Waals surface area contributed by atoms with Gasteiger partial charge in [-0.05, 0) is 42.1 Å². The summed E-state index contributed by atoms with van der Waals surface area (Å²) in [6, 6.07) is 16.4. The zero-order chi connectivity index (χ0) is 21.4. The Kier molecular flexibility index (Phi) is 5.11. The molecule has 0 N–H and O–H groups in total. The van der Waals surface area contributed by atoms with E-state index < -0.39 is 9.84 Å². The average molecular weight is 453 g/mol. The molecule has 0 spiro atoms. The molecule has 4 aromatic rings. The largest absolute Gasteiger partial charge is 0.467 e. The summed E-state index contributed by atoms with van der Waals surface area (Å²) in [6.07, 6.45) is 1.98. The van der Waals surface area contributed by atoms with E-state index in [1.54, 1.807) is 34.6 Å². The highest BCUT2D eigenvalue weighted by Gasteiger charge is 2.36. The summed E-state index contributed by atoms with van der Waals surface area (Å²) in [4.78, 5) is 21.2. The molecule has 1 saturated heterocycles. The number of sulfone groups is 1. The molecule has 8 heteroatoms. The van der Waals surface area contributed by atoms with E-state index in [4.69, 9.17) is 9.40 Å². The highest BCUT2D eigenvalue weighted by Crippen LogP contribution is 2.30. The second kappa shape index (κ2) is 7.94. The lowest BCUT2D eigenvalue weighted by Crippen LogP contribution is -2.40. The summed E-state index contributed by atoms with van der Waals surface area (Å²) >= 11 is 1.56. The number of hydrogen-bond acceptors (Lipinski definition) is 6. The van der Waals surface area contributed by atoms with Crippen LogP contribution in [0.3, 0.4) is 0 Å². The molecule has 1 amide bonds. The van der Waals surface area contributed by atoms with Gasteiger partial charge >= 0.3 is 0 Å². The first-order valence-corrected chi connectivity index (χ1v) is 12.7. The lowest BCUT2D eigenvalue weighted by atomic mass is 10.0. The quantitative estimate of drug-likeness (QED) is 0.449. The molecule has 1 atom stereocenters. The molecule has 6 nitrogen and oxygen atoms in total. The highest BCUT2D eigenvalue weighted by atomic mass is 32.2. The Hall–Kier alpha value is -2.97. The maximum Gasteiger partial charge on any atom is 0.255 e. The van der Waals surface area contributed by atoms with Crippen molar-refractivity contribution in [3.8, 4) is 10.6 Å². The summed E-state index contributed by atoms with van der Waals surface area (Å²) in [5.41, 5.74) is 1.98. The Balaban J connectivity index is 1.61. The molecule has 0 saturated carbocycles. The van der Waals surface area contributed by atoms with Crippen LogP contribution >= 0.6 is 11.3 Å². The van der Waals surface area contributed by atoms with E-state index in [1.165, 1.54) is 0 Å². The molecule has 5 rings (SSSR count). The average Bonchev–Trinajstić information content (AvgIpc) is 3.53. The van der Waals surface area contributed by atoms with Gasteiger partial charge in [-0.15, -0.1) is 11.3 Å². The summed E-state index contributed by atoms with van der Waals surface area (Å²) in [6.45, 7) is 0.219. The number of para-hydroxylation sites is 1. The van der Waals surface area contributed by atoms with E-state index in [2.05, 4.69) is 0 Å². The minimum absolute atomic E-state index is 0.0275. The summed E-state index contributed by atoms with van der Waals surface area (Å²) in [5, 5.41) is 2.72. The molecule has 0 bridgehead atoms. The Bertz CT molecular complexity index is 1330. The third-order valence-corrected chi connectivity index (χ3v) is 8.18. The number of nitrogens with zero attached hydrogens (tertiary/aromatic N) is 2. The van der Waals surface area contributed by atoms with Crippen molar-refractivity contribution in [3.05, 3.63) is 77.6 Å². The number of furan rings is 1. The smallest absolute Gasteiger partial charge is 0.255 e. The van der Waals surface area contributed by atoms with Crippen LogP contribution in [-0.4, -0.2) is 41.8 Å². The summed E-state index contributed by atoms with van der Waals surface area (Å²) < 4.78 is 29.8. The molecule has 1 aliphatic heterocycles. The first kappa shape index (κ1) is 20.0. The SMILES string of the molecule is O=C(c1cc(-c2cccs2)nc2ccccc12)N(Cc1ccco1)[C@H]1CCS(=O)(=O)C1. The number of hydrogen-bond donors (Lipinski definition) is 0. The third kappa shape index (κ3) is 4.00. The van der Waals surface area contributed by atoms with Crippen LogP contribution in [0, 0.1) is 0 Å². The van der Waals surface area contributed by atoms with E-state index in [0.717, 1.165) is 21.5 Å². The van der Waals surface area contributed by atoms with Gasteiger partial charge in [0.1, 0.15) is 5.76 Å². The number of pyridine rings is 1. The van der Waals surface area contributed by atoms with Crippen molar-refractivity contribution in [2.45, 2.75) is 19.0 Å². The van der Waals surface area contributed by atoms with Crippen LogP contribution in [0.5, 0.6) is 0 Å². The van der Waals surface area contributed by atoms with Crippen molar-refractivity contribution in [1.82, 2.24) is 9.88 Å². The molecule has 3 aromatic heterocycles. The molecule has 158 valence electrons. The predicted molar refractivity (Wildman–Crippen MR) is 121 cm³/mol. The van der Waals surface area contributed by atoms with Crippen LogP contribution in [0.15, 0.2) is 70.7 Å². The highest BCUT2D eigenvalue weighted by molar-refractivity contribution is 7.91.